The maximum Gasteiger partial charge on any atom is 0.262 e. The van der Waals surface area contributed by atoms with E-state index in [4.69, 9.17) is 11.6 Å². The van der Waals surface area contributed by atoms with Crippen LogP contribution >= 0.6 is 23.4 Å². The Morgan fingerprint density at radius 2 is 2.06 bits per heavy atom. The summed E-state index contributed by atoms with van der Waals surface area (Å²) < 4.78 is 0. The van der Waals surface area contributed by atoms with Crippen LogP contribution in [0.5, 0.6) is 0 Å². The molecule has 92 valence electrons. The molecule has 18 heavy (non-hydrogen) atoms. The number of nitrogens with zero attached hydrogens (tertiary/aromatic N) is 1. The number of carbonyl (C=O) groups is 1. The summed E-state index contributed by atoms with van der Waals surface area (Å²) in [7, 11) is 0. The van der Waals surface area contributed by atoms with Crippen LogP contribution in [0.3, 0.4) is 0 Å². The van der Waals surface area contributed by atoms with E-state index in [1.807, 2.05) is 0 Å². The molecule has 0 fully saturated rings. The molecule has 1 aromatic heterocycles. The van der Waals surface area contributed by atoms with Gasteiger partial charge in [-0.3, -0.25) is 9.59 Å². The van der Waals surface area contributed by atoms with E-state index in [0.717, 1.165) is 0 Å². The average molecular weight is 281 g/mol. The number of aromatic nitrogens is 2. The summed E-state index contributed by atoms with van der Waals surface area (Å²) in [5.41, 5.74) is -0.177. The van der Waals surface area contributed by atoms with Crippen LogP contribution in [0.2, 0.25) is 5.02 Å². The fourth-order valence-electron chi connectivity index (χ4n) is 1.43. The van der Waals surface area contributed by atoms with Crippen molar-refractivity contribution in [3.8, 4) is 0 Å². The van der Waals surface area contributed by atoms with E-state index < -0.39 is 11.3 Å². The van der Waals surface area contributed by atoms with E-state index in [2.05, 4.69) is 9.97 Å². The third-order valence-electron chi connectivity index (χ3n) is 2.33. The van der Waals surface area contributed by atoms with Crippen molar-refractivity contribution in [3.05, 3.63) is 57.0 Å². The highest BCUT2D eigenvalue weighted by molar-refractivity contribution is 7.98. The minimum atomic E-state index is -0.459. The van der Waals surface area contributed by atoms with Crippen molar-refractivity contribution in [2.75, 3.05) is 6.26 Å². The number of halogens is 1. The van der Waals surface area contributed by atoms with Gasteiger partial charge in [-0.15, -0.1) is 0 Å². The first-order chi connectivity index (χ1) is 8.63. The summed E-state index contributed by atoms with van der Waals surface area (Å²) in [6.07, 6.45) is 3.06. The number of hydrogen-bond donors (Lipinski definition) is 1. The van der Waals surface area contributed by atoms with Crippen molar-refractivity contribution >= 4 is 29.1 Å². The highest BCUT2D eigenvalue weighted by Crippen LogP contribution is 2.17. The molecule has 4 nitrogen and oxygen atoms in total. The number of benzene rings is 1. The molecule has 1 heterocycles. The van der Waals surface area contributed by atoms with Gasteiger partial charge < -0.3 is 4.98 Å². The van der Waals surface area contributed by atoms with Gasteiger partial charge in [0.25, 0.3) is 5.56 Å². The number of aromatic amines is 1. The second kappa shape index (κ2) is 5.37. The summed E-state index contributed by atoms with van der Waals surface area (Å²) in [5, 5.41) is 0.784. The number of thioether (sulfide) groups is 1. The quantitative estimate of drug-likeness (QED) is 0.533. The smallest absolute Gasteiger partial charge is 0.262 e. The lowest BCUT2D eigenvalue weighted by atomic mass is 10.1. The number of rotatable bonds is 3. The number of nitrogens with one attached hydrogen (secondary N) is 1. The second-order valence-corrected chi connectivity index (χ2v) is 4.65. The van der Waals surface area contributed by atoms with E-state index in [-0.39, 0.29) is 5.56 Å². The van der Waals surface area contributed by atoms with Crippen molar-refractivity contribution in [1.29, 1.82) is 0 Å². The molecule has 0 aliphatic rings. The Balaban J connectivity index is 2.47. The summed E-state index contributed by atoms with van der Waals surface area (Å²) in [6, 6.07) is 6.59. The Morgan fingerprint density at radius 3 is 2.67 bits per heavy atom. The van der Waals surface area contributed by atoms with Gasteiger partial charge in [-0.2, -0.15) is 0 Å². The van der Waals surface area contributed by atoms with Gasteiger partial charge in [0.2, 0.25) is 5.78 Å². The zero-order valence-electron chi connectivity index (χ0n) is 9.44. The zero-order valence-corrected chi connectivity index (χ0v) is 11.0. The van der Waals surface area contributed by atoms with Gasteiger partial charge in [0.1, 0.15) is 5.56 Å². The Bertz CT molecular complexity index is 655. The van der Waals surface area contributed by atoms with Crippen LogP contribution in [0.1, 0.15) is 15.9 Å². The molecule has 0 saturated heterocycles. The molecule has 0 aliphatic carbocycles. The number of hydrogen-bond acceptors (Lipinski definition) is 4. The van der Waals surface area contributed by atoms with Gasteiger partial charge in [-0.1, -0.05) is 35.5 Å². The Labute approximate surface area is 112 Å². The molecule has 1 N–H and O–H groups in total. The predicted molar refractivity (Wildman–Crippen MR) is 71.5 cm³/mol. The third-order valence-corrected chi connectivity index (χ3v) is 3.26. The number of H-pyrrole nitrogens is 1. The molecule has 0 radical (unpaired) electrons. The first-order valence-electron chi connectivity index (χ1n) is 5.06. The Kier molecular flexibility index (Phi) is 3.84. The molecule has 0 unspecified atom stereocenters. The molecule has 0 saturated carbocycles. The van der Waals surface area contributed by atoms with Crippen LogP contribution in [0.15, 0.2) is 40.4 Å². The molecule has 1 aromatic carbocycles. The zero-order chi connectivity index (χ0) is 13.1. The van der Waals surface area contributed by atoms with Gasteiger partial charge in [0.15, 0.2) is 5.16 Å². The molecule has 6 heteroatoms. The standard InChI is InChI=1S/C12H9ClN2O2S/c1-18-12-14-6-8(11(17)15-12)10(16)7-4-2-3-5-9(7)13/h2-6H,1H3,(H,14,15,17). The lowest BCUT2D eigenvalue weighted by molar-refractivity contribution is 0.103. The minimum Gasteiger partial charge on any atom is -0.301 e. The summed E-state index contributed by atoms with van der Waals surface area (Å²) in [5.74, 6) is -0.429. The van der Waals surface area contributed by atoms with Crippen molar-refractivity contribution < 1.29 is 4.79 Å². The van der Waals surface area contributed by atoms with Crippen molar-refractivity contribution in [2.24, 2.45) is 0 Å². The molecule has 2 aromatic rings. The lowest BCUT2D eigenvalue weighted by Crippen LogP contribution is -2.19. The van der Waals surface area contributed by atoms with Gasteiger partial charge in [-0.25, -0.2) is 4.98 Å². The van der Waals surface area contributed by atoms with Crippen molar-refractivity contribution in [3.63, 3.8) is 0 Å². The van der Waals surface area contributed by atoms with Crippen LogP contribution in [0.25, 0.3) is 0 Å². The summed E-state index contributed by atoms with van der Waals surface area (Å²) in [6.45, 7) is 0. The first-order valence-corrected chi connectivity index (χ1v) is 6.66. The van der Waals surface area contributed by atoms with E-state index in [1.54, 1.807) is 30.5 Å². The van der Waals surface area contributed by atoms with Crippen molar-refractivity contribution in [2.45, 2.75) is 5.16 Å². The van der Waals surface area contributed by atoms with Gasteiger partial charge >= 0.3 is 0 Å². The highest BCUT2D eigenvalue weighted by atomic mass is 35.5. The fourth-order valence-corrected chi connectivity index (χ4v) is 2.01. The molecular formula is C12H9ClN2O2S. The molecule has 0 spiro atoms. The highest BCUT2D eigenvalue weighted by Gasteiger charge is 2.16. The molecular weight excluding hydrogens is 272 g/mol. The van der Waals surface area contributed by atoms with Crippen LogP contribution in [-0.4, -0.2) is 22.0 Å². The lowest BCUT2D eigenvalue weighted by Gasteiger charge is -2.03. The third kappa shape index (κ3) is 2.47. The Morgan fingerprint density at radius 1 is 1.33 bits per heavy atom. The van der Waals surface area contributed by atoms with Crippen molar-refractivity contribution in [1.82, 2.24) is 9.97 Å². The van der Waals surface area contributed by atoms with E-state index in [9.17, 15) is 9.59 Å². The van der Waals surface area contributed by atoms with Crippen LogP contribution < -0.4 is 5.56 Å². The van der Waals surface area contributed by atoms with Gasteiger partial charge in [-0.05, 0) is 18.4 Å². The first kappa shape index (κ1) is 12.9. The summed E-state index contributed by atoms with van der Waals surface area (Å²) >= 11 is 7.22. The van der Waals surface area contributed by atoms with E-state index >= 15 is 0 Å². The molecule has 0 aliphatic heterocycles. The van der Waals surface area contributed by atoms with E-state index in [1.165, 1.54) is 18.0 Å². The van der Waals surface area contributed by atoms with Crippen LogP contribution in [-0.2, 0) is 0 Å². The predicted octanol–water partition coefficient (Wildman–Crippen LogP) is 2.38. The molecule has 2 rings (SSSR count). The van der Waals surface area contributed by atoms with Crippen LogP contribution in [0.4, 0.5) is 0 Å². The van der Waals surface area contributed by atoms with Gasteiger partial charge in [0, 0.05) is 11.8 Å². The summed E-state index contributed by atoms with van der Waals surface area (Å²) in [4.78, 5) is 30.4. The second-order valence-electron chi connectivity index (χ2n) is 3.44. The molecule has 0 bridgehead atoms. The SMILES string of the molecule is CSc1ncc(C(=O)c2ccccc2Cl)c(=O)[nH]1. The van der Waals surface area contributed by atoms with E-state index in [0.29, 0.717) is 15.7 Å². The minimum absolute atomic E-state index is 0.0131. The largest absolute Gasteiger partial charge is 0.301 e. The average Bonchev–Trinajstić information content (AvgIpc) is 2.38. The Hall–Kier alpha value is -1.59. The maximum absolute atomic E-state index is 12.1. The van der Waals surface area contributed by atoms with Gasteiger partial charge in [0.05, 0.1) is 5.02 Å². The molecule has 0 atom stereocenters. The number of carbonyl (C=O) groups excluding carboxylic acids is 1. The fraction of sp³-hybridized carbons (Fsp3) is 0.0833. The topological polar surface area (TPSA) is 62.8 Å². The monoisotopic (exact) mass is 280 g/mol. The van der Waals surface area contributed by atoms with Crippen LogP contribution in [0, 0.1) is 0 Å². The maximum atomic E-state index is 12.1. The number of ketones is 1. The normalized spacial score (nSPS) is 10.3. The molecule has 0 amide bonds.